The molecule has 4 aromatic rings. The van der Waals surface area contributed by atoms with Crippen molar-refractivity contribution in [3.8, 4) is 22.8 Å². The van der Waals surface area contributed by atoms with E-state index in [1.807, 2.05) is 29.1 Å². The van der Waals surface area contributed by atoms with E-state index in [4.69, 9.17) is 9.26 Å². The Morgan fingerprint density at radius 2 is 2.04 bits per heavy atom. The molecule has 126 valence electrons. The van der Waals surface area contributed by atoms with Crippen molar-refractivity contribution in [2.45, 2.75) is 13.5 Å². The zero-order chi connectivity index (χ0) is 17.2. The van der Waals surface area contributed by atoms with E-state index in [1.54, 1.807) is 26.4 Å². The molecule has 0 saturated carbocycles. The number of hydrogen-bond donors (Lipinski definition) is 0. The van der Waals surface area contributed by atoms with Gasteiger partial charge >= 0.3 is 0 Å². The summed E-state index contributed by atoms with van der Waals surface area (Å²) in [6, 6.07) is 5.71. The molecule has 0 amide bonds. The number of aryl methyl sites for hydroxylation is 1. The van der Waals surface area contributed by atoms with E-state index in [2.05, 4.69) is 25.2 Å². The van der Waals surface area contributed by atoms with Crippen molar-refractivity contribution in [1.29, 1.82) is 0 Å². The van der Waals surface area contributed by atoms with Gasteiger partial charge in [0.25, 0.3) is 0 Å². The molecule has 0 aromatic carbocycles. The highest BCUT2D eigenvalue weighted by atomic mass is 16.5. The number of nitrogens with zero attached hydrogens (tertiary/aromatic N) is 6. The van der Waals surface area contributed by atoms with Gasteiger partial charge in [-0.3, -0.25) is 14.6 Å². The summed E-state index contributed by atoms with van der Waals surface area (Å²) in [5.74, 6) is 1.06. The quantitative estimate of drug-likeness (QED) is 0.553. The molecule has 8 nitrogen and oxygen atoms in total. The van der Waals surface area contributed by atoms with Crippen LogP contribution in [0.4, 0.5) is 0 Å². The Labute approximate surface area is 143 Å². The predicted molar refractivity (Wildman–Crippen MR) is 90.7 cm³/mol. The van der Waals surface area contributed by atoms with Crippen LogP contribution >= 0.6 is 0 Å². The van der Waals surface area contributed by atoms with Crippen LogP contribution in [0.25, 0.3) is 33.7 Å². The largest absolute Gasteiger partial charge is 0.383 e. The molecular formula is C17H16N6O2. The topological polar surface area (TPSA) is 91.8 Å². The average molecular weight is 336 g/mol. The van der Waals surface area contributed by atoms with Gasteiger partial charge in [0.1, 0.15) is 0 Å². The van der Waals surface area contributed by atoms with Gasteiger partial charge in [-0.05, 0) is 18.2 Å². The first-order valence-electron chi connectivity index (χ1n) is 7.82. The van der Waals surface area contributed by atoms with E-state index in [-0.39, 0.29) is 0 Å². The van der Waals surface area contributed by atoms with Crippen LogP contribution in [0.5, 0.6) is 0 Å². The molecule has 0 spiro atoms. The van der Waals surface area contributed by atoms with Crippen LogP contribution in [-0.4, -0.2) is 43.6 Å². The Hall–Kier alpha value is -3.13. The minimum Gasteiger partial charge on any atom is -0.383 e. The monoisotopic (exact) mass is 336 g/mol. The van der Waals surface area contributed by atoms with Crippen molar-refractivity contribution < 1.29 is 9.26 Å². The van der Waals surface area contributed by atoms with Crippen molar-refractivity contribution in [3.63, 3.8) is 0 Å². The lowest BCUT2D eigenvalue weighted by Gasteiger charge is -2.04. The van der Waals surface area contributed by atoms with Gasteiger partial charge in [0.05, 0.1) is 42.4 Å². The lowest BCUT2D eigenvalue weighted by atomic mass is 10.1. The molecule has 0 fully saturated rings. The lowest BCUT2D eigenvalue weighted by Crippen LogP contribution is -2.05. The summed E-state index contributed by atoms with van der Waals surface area (Å²) in [6.45, 7) is 3.05. The van der Waals surface area contributed by atoms with Crippen LogP contribution in [-0.2, 0) is 11.3 Å². The molecule has 0 saturated heterocycles. The van der Waals surface area contributed by atoms with Crippen molar-refractivity contribution in [2.75, 3.05) is 13.7 Å². The van der Waals surface area contributed by atoms with Crippen LogP contribution in [0.15, 0.2) is 41.3 Å². The highest BCUT2D eigenvalue weighted by Gasteiger charge is 2.10. The van der Waals surface area contributed by atoms with Crippen LogP contribution < -0.4 is 0 Å². The number of hydrogen-bond acceptors (Lipinski definition) is 7. The standard InChI is InChI=1S/C17H16N6O2/c1-11-21-17(22-25-11)12-3-4-18-14(7-12)15-8-13-9-20-23(5-6-24-2)16(13)10-19-15/h3-4,7-10H,5-6H2,1-2H3. The van der Waals surface area contributed by atoms with Gasteiger partial charge in [-0.1, -0.05) is 5.16 Å². The smallest absolute Gasteiger partial charge is 0.223 e. The van der Waals surface area contributed by atoms with E-state index in [1.165, 1.54) is 0 Å². The van der Waals surface area contributed by atoms with E-state index in [0.29, 0.717) is 24.9 Å². The van der Waals surface area contributed by atoms with Gasteiger partial charge < -0.3 is 9.26 Å². The van der Waals surface area contributed by atoms with Crippen LogP contribution in [0.3, 0.4) is 0 Å². The maximum Gasteiger partial charge on any atom is 0.223 e. The second-order valence-corrected chi connectivity index (χ2v) is 5.56. The molecule has 0 bridgehead atoms. The molecule has 0 radical (unpaired) electrons. The lowest BCUT2D eigenvalue weighted by molar-refractivity contribution is 0.185. The number of rotatable bonds is 5. The molecule has 0 N–H and O–H groups in total. The third-order valence-corrected chi connectivity index (χ3v) is 3.84. The zero-order valence-electron chi connectivity index (χ0n) is 13.9. The van der Waals surface area contributed by atoms with Crippen molar-refractivity contribution in [3.05, 3.63) is 42.7 Å². The molecule has 4 aromatic heterocycles. The molecule has 25 heavy (non-hydrogen) atoms. The fraction of sp³-hybridized carbons (Fsp3) is 0.235. The first kappa shape index (κ1) is 15.4. The minimum atomic E-state index is 0.524. The molecule has 8 heteroatoms. The molecule has 0 aliphatic carbocycles. The fourth-order valence-corrected chi connectivity index (χ4v) is 2.60. The predicted octanol–water partition coefficient (Wildman–Crippen LogP) is 2.50. The Morgan fingerprint density at radius 1 is 1.16 bits per heavy atom. The van der Waals surface area contributed by atoms with E-state index in [0.717, 1.165) is 27.9 Å². The van der Waals surface area contributed by atoms with Gasteiger partial charge in [-0.25, -0.2) is 0 Å². The number of ether oxygens (including phenoxy) is 1. The normalized spacial score (nSPS) is 11.3. The first-order valence-corrected chi connectivity index (χ1v) is 7.82. The summed E-state index contributed by atoms with van der Waals surface area (Å²) in [6.07, 6.45) is 5.34. The van der Waals surface area contributed by atoms with Gasteiger partial charge in [0.15, 0.2) is 0 Å². The Bertz CT molecular complexity index is 1020. The van der Waals surface area contributed by atoms with Gasteiger partial charge in [-0.15, -0.1) is 0 Å². The Kier molecular flexibility index (Phi) is 3.95. The van der Waals surface area contributed by atoms with Crippen molar-refractivity contribution in [2.24, 2.45) is 0 Å². The van der Waals surface area contributed by atoms with E-state index < -0.39 is 0 Å². The number of aromatic nitrogens is 6. The molecule has 0 unspecified atom stereocenters. The third-order valence-electron chi connectivity index (χ3n) is 3.84. The summed E-state index contributed by atoms with van der Waals surface area (Å²) >= 11 is 0. The molecular weight excluding hydrogens is 320 g/mol. The first-order chi connectivity index (χ1) is 12.2. The van der Waals surface area contributed by atoms with Crippen LogP contribution in [0, 0.1) is 6.92 Å². The second kappa shape index (κ2) is 6.40. The van der Waals surface area contributed by atoms with Crippen LogP contribution in [0.1, 0.15) is 5.89 Å². The second-order valence-electron chi connectivity index (χ2n) is 5.56. The van der Waals surface area contributed by atoms with Crippen molar-refractivity contribution in [1.82, 2.24) is 29.9 Å². The molecule has 0 aliphatic rings. The van der Waals surface area contributed by atoms with E-state index >= 15 is 0 Å². The Balaban J connectivity index is 1.70. The minimum absolute atomic E-state index is 0.524. The maximum absolute atomic E-state index is 5.10. The summed E-state index contributed by atoms with van der Waals surface area (Å²) < 4.78 is 12.0. The van der Waals surface area contributed by atoms with Gasteiger partial charge in [0.2, 0.25) is 11.7 Å². The average Bonchev–Trinajstić information content (AvgIpc) is 3.26. The number of methoxy groups -OCH3 is 1. The third kappa shape index (κ3) is 2.99. The molecule has 4 rings (SSSR count). The van der Waals surface area contributed by atoms with Gasteiger partial charge in [0, 0.05) is 31.2 Å². The zero-order valence-corrected chi connectivity index (χ0v) is 13.9. The SMILES string of the molecule is COCCn1ncc2cc(-c3cc(-c4noc(C)n4)ccn3)ncc21. The fourth-order valence-electron chi connectivity index (χ4n) is 2.60. The summed E-state index contributed by atoms with van der Waals surface area (Å²) in [7, 11) is 1.67. The Morgan fingerprint density at radius 3 is 2.84 bits per heavy atom. The van der Waals surface area contributed by atoms with Gasteiger partial charge in [-0.2, -0.15) is 10.1 Å². The van der Waals surface area contributed by atoms with E-state index in [9.17, 15) is 0 Å². The summed E-state index contributed by atoms with van der Waals surface area (Å²) in [4.78, 5) is 13.2. The van der Waals surface area contributed by atoms with Crippen LogP contribution in [0.2, 0.25) is 0 Å². The molecule has 0 aliphatic heterocycles. The molecule has 0 atom stereocenters. The summed E-state index contributed by atoms with van der Waals surface area (Å²) in [5, 5.41) is 9.33. The molecule has 4 heterocycles. The highest BCUT2D eigenvalue weighted by molar-refractivity contribution is 5.82. The highest BCUT2D eigenvalue weighted by Crippen LogP contribution is 2.24. The number of fused-ring (bicyclic) bond motifs is 1. The number of pyridine rings is 2. The maximum atomic E-state index is 5.10. The van der Waals surface area contributed by atoms with Crippen molar-refractivity contribution >= 4 is 10.9 Å². The summed E-state index contributed by atoms with van der Waals surface area (Å²) in [5.41, 5.74) is 3.30.